The van der Waals surface area contributed by atoms with Crippen LogP contribution in [0.15, 0.2) is 60.7 Å². The van der Waals surface area contributed by atoms with Crippen LogP contribution in [0.4, 0.5) is 0 Å². The number of benzene rings is 3. The first-order valence-electron chi connectivity index (χ1n) is 9.92. The van der Waals surface area contributed by atoms with Gasteiger partial charge in [0.1, 0.15) is 11.9 Å². The Balaban J connectivity index is 1.58. The number of hydrogen-bond donors (Lipinski definition) is 2. The zero-order valence-corrected chi connectivity index (χ0v) is 16.4. The summed E-state index contributed by atoms with van der Waals surface area (Å²) in [7, 11) is 0. The Morgan fingerprint density at radius 3 is 2.68 bits per heavy atom. The van der Waals surface area contributed by atoms with E-state index in [4.69, 9.17) is 4.74 Å². The highest BCUT2D eigenvalue weighted by molar-refractivity contribution is 5.96. The van der Waals surface area contributed by atoms with Crippen molar-refractivity contribution in [1.29, 1.82) is 0 Å². The van der Waals surface area contributed by atoms with Gasteiger partial charge in [-0.2, -0.15) is 0 Å². The third-order valence-electron chi connectivity index (χ3n) is 5.41. The summed E-state index contributed by atoms with van der Waals surface area (Å²) in [6.07, 6.45) is 1.01. The fourth-order valence-corrected chi connectivity index (χ4v) is 3.65. The lowest BCUT2D eigenvalue weighted by Crippen LogP contribution is -2.50. The van der Waals surface area contributed by atoms with Crippen molar-refractivity contribution in [2.45, 2.75) is 32.4 Å². The Hall–Kier alpha value is -2.85. The van der Waals surface area contributed by atoms with Crippen molar-refractivity contribution in [2.24, 2.45) is 0 Å². The third kappa shape index (κ3) is 3.73. The van der Waals surface area contributed by atoms with Crippen LogP contribution in [-0.2, 0) is 0 Å². The summed E-state index contributed by atoms with van der Waals surface area (Å²) >= 11 is 0. The van der Waals surface area contributed by atoms with Crippen LogP contribution >= 0.6 is 0 Å². The summed E-state index contributed by atoms with van der Waals surface area (Å²) < 4.78 is 5.93. The first kappa shape index (κ1) is 18.5. The molecule has 0 spiro atoms. The lowest BCUT2D eigenvalue weighted by molar-refractivity contribution is 0.0933. The molecular weight excluding hydrogens is 348 g/mol. The minimum atomic E-state index is -0.0607. The second-order valence-electron chi connectivity index (χ2n) is 7.38. The minimum Gasteiger partial charge on any atom is -0.488 e. The summed E-state index contributed by atoms with van der Waals surface area (Å²) in [6, 6.07) is 20.3. The monoisotopic (exact) mass is 374 g/mol. The van der Waals surface area contributed by atoms with Gasteiger partial charge >= 0.3 is 0 Å². The maximum Gasteiger partial charge on any atom is 0.252 e. The standard InChI is InChI=1S/C24H26N2O2/c1-3-23(21-10-6-8-17-7-4-5-9-20(17)21)26-24(27)22-13-18(12-11-16(22)2)28-19-14-25-15-19/h4-13,19,23,25H,3,14-15H2,1-2H3,(H,26,27)/t23-/m1/s1. The molecular formula is C24H26N2O2. The number of ether oxygens (including phenoxy) is 1. The van der Waals surface area contributed by atoms with Gasteiger partial charge in [-0.05, 0) is 47.4 Å². The van der Waals surface area contributed by atoms with Gasteiger partial charge in [0.25, 0.3) is 5.91 Å². The number of amides is 1. The van der Waals surface area contributed by atoms with E-state index in [0.717, 1.165) is 36.4 Å². The lowest BCUT2D eigenvalue weighted by atomic mass is 9.96. The Kier molecular flexibility index (Phi) is 5.31. The maximum atomic E-state index is 13.1. The van der Waals surface area contributed by atoms with Gasteiger partial charge < -0.3 is 15.4 Å². The highest BCUT2D eigenvalue weighted by Gasteiger charge is 2.21. The number of carbonyl (C=O) groups is 1. The molecule has 4 heteroatoms. The summed E-state index contributed by atoms with van der Waals surface area (Å²) in [6.45, 7) is 5.77. The Labute approximate surface area is 165 Å². The third-order valence-corrected chi connectivity index (χ3v) is 5.41. The minimum absolute atomic E-state index is 0.0431. The summed E-state index contributed by atoms with van der Waals surface area (Å²) in [5.74, 6) is 0.690. The fraction of sp³-hybridized carbons (Fsp3) is 0.292. The number of aryl methyl sites for hydroxylation is 1. The smallest absolute Gasteiger partial charge is 0.252 e. The van der Waals surface area contributed by atoms with E-state index in [2.05, 4.69) is 47.9 Å². The summed E-state index contributed by atoms with van der Waals surface area (Å²) in [5, 5.41) is 8.80. The van der Waals surface area contributed by atoms with Gasteiger partial charge in [-0.1, -0.05) is 55.5 Å². The van der Waals surface area contributed by atoms with Crippen LogP contribution in [0, 0.1) is 6.92 Å². The van der Waals surface area contributed by atoms with Crippen molar-refractivity contribution < 1.29 is 9.53 Å². The van der Waals surface area contributed by atoms with Gasteiger partial charge in [-0.15, -0.1) is 0 Å². The largest absolute Gasteiger partial charge is 0.488 e. The molecule has 0 aromatic heterocycles. The molecule has 0 unspecified atom stereocenters. The lowest BCUT2D eigenvalue weighted by Gasteiger charge is -2.28. The molecule has 1 fully saturated rings. The molecule has 1 aliphatic heterocycles. The van der Waals surface area contributed by atoms with Gasteiger partial charge in [-0.3, -0.25) is 4.79 Å². The molecule has 1 amide bonds. The molecule has 28 heavy (non-hydrogen) atoms. The Bertz CT molecular complexity index is 990. The van der Waals surface area contributed by atoms with Crippen molar-refractivity contribution in [3.63, 3.8) is 0 Å². The predicted molar refractivity (Wildman–Crippen MR) is 113 cm³/mol. The molecule has 1 atom stereocenters. The van der Waals surface area contributed by atoms with Crippen molar-refractivity contribution in [2.75, 3.05) is 13.1 Å². The Morgan fingerprint density at radius 2 is 1.93 bits per heavy atom. The predicted octanol–water partition coefficient (Wildman–Crippen LogP) is 4.38. The number of fused-ring (bicyclic) bond motifs is 1. The van der Waals surface area contributed by atoms with E-state index in [1.165, 1.54) is 10.8 Å². The maximum absolute atomic E-state index is 13.1. The van der Waals surface area contributed by atoms with Gasteiger partial charge in [0.15, 0.2) is 0 Å². The average molecular weight is 374 g/mol. The van der Waals surface area contributed by atoms with E-state index in [1.807, 2.05) is 37.3 Å². The first-order chi connectivity index (χ1) is 13.7. The molecule has 0 bridgehead atoms. The van der Waals surface area contributed by atoms with E-state index < -0.39 is 0 Å². The van der Waals surface area contributed by atoms with Crippen LogP contribution < -0.4 is 15.4 Å². The SMILES string of the molecule is CC[C@@H](NC(=O)c1cc(OC2CNC2)ccc1C)c1cccc2ccccc12. The molecule has 144 valence electrons. The normalized spacial score (nSPS) is 15.1. The second-order valence-corrected chi connectivity index (χ2v) is 7.38. The van der Waals surface area contributed by atoms with E-state index >= 15 is 0 Å². The fourth-order valence-electron chi connectivity index (χ4n) is 3.65. The quantitative estimate of drug-likeness (QED) is 0.673. The summed E-state index contributed by atoms with van der Waals surface area (Å²) in [4.78, 5) is 13.1. The molecule has 3 aromatic carbocycles. The van der Waals surface area contributed by atoms with Crippen molar-refractivity contribution in [3.8, 4) is 5.75 Å². The zero-order chi connectivity index (χ0) is 19.5. The van der Waals surface area contributed by atoms with E-state index in [9.17, 15) is 4.79 Å². The molecule has 1 heterocycles. The average Bonchev–Trinajstić information content (AvgIpc) is 2.69. The number of hydrogen-bond acceptors (Lipinski definition) is 3. The molecule has 1 aliphatic rings. The number of rotatable bonds is 6. The van der Waals surface area contributed by atoms with Crippen LogP contribution in [0.25, 0.3) is 10.8 Å². The zero-order valence-electron chi connectivity index (χ0n) is 16.4. The second kappa shape index (κ2) is 8.03. The highest BCUT2D eigenvalue weighted by Crippen LogP contribution is 2.27. The van der Waals surface area contributed by atoms with E-state index in [1.54, 1.807) is 0 Å². The van der Waals surface area contributed by atoms with Crippen LogP contribution in [0.5, 0.6) is 5.75 Å². The van der Waals surface area contributed by atoms with Crippen LogP contribution in [-0.4, -0.2) is 25.1 Å². The first-order valence-corrected chi connectivity index (χ1v) is 9.92. The van der Waals surface area contributed by atoms with Gasteiger partial charge in [0.05, 0.1) is 6.04 Å². The Morgan fingerprint density at radius 1 is 1.14 bits per heavy atom. The van der Waals surface area contributed by atoms with E-state index in [0.29, 0.717) is 5.56 Å². The molecule has 4 nitrogen and oxygen atoms in total. The van der Waals surface area contributed by atoms with Crippen molar-refractivity contribution in [1.82, 2.24) is 10.6 Å². The molecule has 0 aliphatic carbocycles. The number of carbonyl (C=O) groups excluding carboxylic acids is 1. The topological polar surface area (TPSA) is 50.4 Å². The highest BCUT2D eigenvalue weighted by atomic mass is 16.5. The van der Waals surface area contributed by atoms with Crippen molar-refractivity contribution in [3.05, 3.63) is 77.4 Å². The molecule has 3 aromatic rings. The molecule has 0 radical (unpaired) electrons. The molecule has 1 saturated heterocycles. The van der Waals surface area contributed by atoms with Gasteiger partial charge in [0, 0.05) is 18.7 Å². The van der Waals surface area contributed by atoms with Crippen LogP contribution in [0.1, 0.15) is 40.9 Å². The van der Waals surface area contributed by atoms with Gasteiger partial charge in [-0.25, -0.2) is 0 Å². The van der Waals surface area contributed by atoms with Gasteiger partial charge in [0.2, 0.25) is 0 Å². The molecule has 0 saturated carbocycles. The molecule has 4 rings (SSSR count). The van der Waals surface area contributed by atoms with Crippen LogP contribution in [0.3, 0.4) is 0 Å². The number of nitrogens with one attached hydrogen (secondary N) is 2. The van der Waals surface area contributed by atoms with Crippen molar-refractivity contribution >= 4 is 16.7 Å². The molecule has 2 N–H and O–H groups in total. The van der Waals surface area contributed by atoms with Crippen LogP contribution in [0.2, 0.25) is 0 Å². The van der Waals surface area contributed by atoms with E-state index in [-0.39, 0.29) is 18.1 Å². The summed E-state index contributed by atoms with van der Waals surface area (Å²) in [5.41, 5.74) is 2.77.